The van der Waals surface area contributed by atoms with Gasteiger partial charge in [0.1, 0.15) is 11.6 Å². The van der Waals surface area contributed by atoms with E-state index in [4.69, 9.17) is 4.74 Å². The summed E-state index contributed by atoms with van der Waals surface area (Å²) in [4.78, 5) is 22.1. The number of carbonyl (C=O) groups excluding carboxylic acids is 1. The van der Waals surface area contributed by atoms with Crippen molar-refractivity contribution in [1.29, 1.82) is 0 Å². The summed E-state index contributed by atoms with van der Waals surface area (Å²) >= 11 is 0. The third-order valence-corrected chi connectivity index (χ3v) is 4.14. The first kappa shape index (κ1) is 21.1. The predicted molar refractivity (Wildman–Crippen MR) is 100 cm³/mol. The van der Waals surface area contributed by atoms with Crippen molar-refractivity contribution < 1.29 is 27.3 Å². The number of hydrogen-bond acceptors (Lipinski definition) is 6. The number of hydrogen-bond donors (Lipinski definition) is 2. The minimum Gasteiger partial charge on any atom is -0.484 e. The highest BCUT2D eigenvalue weighted by molar-refractivity contribution is 7.92. The number of nitrogens with zero attached hydrogens (tertiary/aromatic N) is 1. The molecule has 11 heteroatoms. The molecule has 0 saturated carbocycles. The number of anilines is 1. The highest BCUT2D eigenvalue weighted by Crippen LogP contribution is 2.23. The summed E-state index contributed by atoms with van der Waals surface area (Å²) in [6.45, 7) is 1.24. The van der Waals surface area contributed by atoms with E-state index in [9.17, 15) is 27.7 Å². The summed E-state index contributed by atoms with van der Waals surface area (Å²) in [7, 11) is -3.60. The first-order valence-corrected chi connectivity index (χ1v) is 9.85. The molecule has 0 bridgehead atoms. The number of carbonyl (C=O) groups is 1. The van der Waals surface area contributed by atoms with Crippen molar-refractivity contribution in [3.05, 3.63) is 63.5 Å². The summed E-state index contributed by atoms with van der Waals surface area (Å²) in [5, 5.41) is 13.3. The first-order valence-electron chi connectivity index (χ1n) is 7.96. The highest BCUT2D eigenvalue weighted by atomic mass is 32.2. The van der Waals surface area contributed by atoms with Crippen LogP contribution in [0.25, 0.3) is 0 Å². The van der Waals surface area contributed by atoms with E-state index in [1.807, 2.05) is 4.72 Å². The molecule has 0 heterocycles. The Balaban J connectivity index is 1.88. The SMILES string of the molecule is Cc1cc(OCC(=O)NCc2ccc(NS(C)(=O)=O)c(F)c2)ccc1[N+](=O)[O-]. The van der Waals surface area contributed by atoms with Gasteiger partial charge in [-0.3, -0.25) is 19.6 Å². The molecule has 150 valence electrons. The molecule has 0 saturated heterocycles. The second-order valence-electron chi connectivity index (χ2n) is 5.96. The van der Waals surface area contributed by atoms with Gasteiger partial charge in [-0.15, -0.1) is 0 Å². The van der Waals surface area contributed by atoms with Crippen LogP contribution in [0.1, 0.15) is 11.1 Å². The van der Waals surface area contributed by atoms with E-state index < -0.39 is 26.7 Å². The standard InChI is InChI=1S/C17H18FN3O6S/c1-11-7-13(4-6-16(11)21(23)24)27-10-17(22)19-9-12-3-5-15(14(18)8-12)20-28(2,25)26/h3-8,20H,9-10H2,1-2H3,(H,19,22). The van der Waals surface area contributed by atoms with Crippen molar-refractivity contribution in [2.24, 2.45) is 0 Å². The van der Waals surface area contributed by atoms with Gasteiger partial charge in [0.05, 0.1) is 16.9 Å². The number of sulfonamides is 1. The average molecular weight is 411 g/mol. The van der Waals surface area contributed by atoms with Gasteiger partial charge in [-0.05, 0) is 36.8 Å². The maximum Gasteiger partial charge on any atom is 0.272 e. The molecule has 0 aliphatic heterocycles. The molecule has 0 aliphatic rings. The molecule has 0 fully saturated rings. The molecule has 0 atom stereocenters. The minimum absolute atomic E-state index is 0.0115. The third kappa shape index (κ3) is 6.20. The summed E-state index contributed by atoms with van der Waals surface area (Å²) in [6, 6.07) is 7.97. The van der Waals surface area contributed by atoms with Crippen LogP contribution >= 0.6 is 0 Å². The fourth-order valence-electron chi connectivity index (χ4n) is 2.27. The molecule has 2 aromatic carbocycles. The van der Waals surface area contributed by atoms with Gasteiger partial charge in [-0.1, -0.05) is 6.07 Å². The lowest BCUT2D eigenvalue weighted by molar-refractivity contribution is -0.385. The Morgan fingerprint density at radius 2 is 1.96 bits per heavy atom. The number of nitrogens with one attached hydrogen (secondary N) is 2. The van der Waals surface area contributed by atoms with Crippen LogP contribution in [-0.2, 0) is 21.4 Å². The largest absolute Gasteiger partial charge is 0.484 e. The van der Waals surface area contributed by atoms with E-state index in [0.29, 0.717) is 16.9 Å². The van der Waals surface area contributed by atoms with E-state index in [2.05, 4.69) is 5.32 Å². The Labute approximate surface area is 160 Å². The van der Waals surface area contributed by atoms with E-state index >= 15 is 0 Å². The number of nitro groups is 1. The van der Waals surface area contributed by atoms with Crippen LogP contribution < -0.4 is 14.8 Å². The highest BCUT2D eigenvalue weighted by Gasteiger charge is 2.12. The quantitative estimate of drug-likeness (QED) is 0.506. The van der Waals surface area contributed by atoms with Gasteiger partial charge in [0, 0.05) is 18.2 Å². The zero-order valence-corrected chi connectivity index (χ0v) is 15.9. The lowest BCUT2D eigenvalue weighted by atomic mass is 10.2. The summed E-state index contributed by atoms with van der Waals surface area (Å²) in [5.41, 5.74) is 0.597. The Morgan fingerprint density at radius 3 is 2.54 bits per heavy atom. The number of halogens is 1. The minimum atomic E-state index is -3.60. The maximum absolute atomic E-state index is 13.9. The molecule has 2 N–H and O–H groups in total. The second kappa shape index (κ2) is 8.65. The van der Waals surface area contributed by atoms with Gasteiger partial charge in [0.2, 0.25) is 10.0 Å². The Hall–Kier alpha value is -3.21. The molecule has 28 heavy (non-hydrogen) atoms. The Bertz CT molecular complexity index is 1010. The van der Waals surface area contributed by atoms with Gasteiger partial charge < -0.3 is 10.1 Å². The molecule has 9 nitrogen and oxygen atoms in total. The smallest absolute Gasteiger partial charge is 0.272 e. The number of benzene rings is 2. The summed E-state index contributed by atoms with van der Waals surface area (Å²) in [6.07, 6.45) is 0.910. The lowest BCUT2D eigenvalue weighted by Crippen LogP contribution is -2.28. The maximum atomic E-state index is 13.9. The molecule has 0 aliphatic carbocycles. The van der Waals surface area contributed by atoms with E-state index in [-0.39, 0.29) is 24.5 Å². The predicted octanol–water partition coefficient (Wildman–Crippen LogP) is 2.11. The molecular weight excluding hydrogens is 393 g/mol. The number of amides is 1. The van der Waals surface area contributed by atoms with Crippen LogP contribution in [0.3, 0.4) is 0 Å². The molecule has 0 spiro atoms. The van der Waals surface area contributed by atoms with Crippen LogP contribution in [-0.4, -0.2) is 32.1 Å². The fourth-order valence-corrected chi connectivity index (χ4v) is 2.84. The molecule has 1 amide bonds. The fraction of sp³-hybridized carbons (Fsp3) is 0.235. The third-order valence-electron chi connectivity index (χ3n) is 3.55. The molecule has 0 unspecified atom stereocenters. The van der Waals surface area contributed by atoms with Crippen molar-refractivity contribution in [2.45, 2.75) is 13.5 Å². The van der Waals surface area contributed by atoms with Crippen LogP contribution in [0.15, 0.2) is 36.4 Å². The average Bonchev–Trinajstić information content (AvgIpc) is 2.59. The zero-order chi connectivity index (χ0) is 20.9. The van der Waals surface area contributed by atoms with Gasteiger partial charge in [0.25, 0.3) is 11.6 Å². The van der Waals surface area contributed by atoms with Gasteiger partial charge >= 0.3 is 0 Å². The second-order valence-corrected chi connectivity index (χ2v) is 7.71. The summed E-state index contributed by atoms with van der Waals surface area (Å²) < 4.78 is 43.5. The zero-order valence-electron chi connectivity index (χ0n) is 15.1. The number of nitro benzene ring substituents is 1. The van der Waals surface area contributed by atoms with Gasteiger partial charge in [0.15, 0.2) is 6.61 Å². The van der Waals surface area contributed by atoms with E-state index in [1.54, 1.807) is 6.92 Å². The Kier molecular flexibility index (Phi) is 6.52. The monoisotopic (exact) mass is 411 g/mol. The van der Waals surface area contributed by atoms with Crippen molar-refractivity contribution in [2.75, 3.05) is 17.6 Å². The normalized spacial score (nSPS) is 11.0. The van der Waals surface area contributed by atoms with Crippen molar-refractivity contribution in [1.82, 2.24) is 5.32 Å². The van der Waals surface area contributed by atoms with Crippen LogP contribution in [0.2, 0.25) is 0 Å². The Morgan fingerprint density at radius 1 is 1.25 bits per heavy atom. The van der Waals surface area contributed by atoms with Crippen LogP contribution in [0.5, 0.6) is 5.75 Å². The van der Waals surface area contributed by atoms with E-state index in [1.165, 1.54) is 30.3 Å². The van der Waals surface area contributed by atoms with Crippen LogP contribution in [0.4, 0.5) is 15.8 Å². The molecular formula is C17H18FN3O6S. The molecule has 2 rings (SSSR count). The summed E-state index contributed by atoms with van der Waals surface area (Å²) in [5.74, 6) is -0.940. The van der Waals surface area contributed by atoms with E-state index in [0.717, 1.165) is 12.3 Å². The van der Waals surface area contributed by atoms with Crippen LogP contribution in [0, 0.1) is 22.9 Å². The molecule has 2 aromatic rings. The first-order chi connectivity index (χ1) is 13.0. The lowest BCUT2D eigenvalue weighted by Gasteiger charge is -2.10. The molecule has 0 radical (unpaired) electrons. The number of aryl methyl sites for hydroxylation is 1. The number of rotatable bonds is 8. The van der Waals surface area contributed by atoms with Crippen molar-refractivity contribution in [3.63, 3.8) is 0 Å². The van der Waals surface area contributed by atoms with Crippen molar-refractivity contribution >= 4 is 27.3 Å². The van der Waals surface area contributed by atoms with Gasteiger partial charge in [-0.2, -0.15) is 0 Å². The number of ether oxygens (including phenoxy) is 1. The van der Waals surface area contributed by atoms with Crippen molar-refractivity contribution in [3.8, 4) is 5.75 Å². The molecule has 0 aromatic heterocycles. The topological polar surface area (TPSA) is 128 Å². The van der Waals surface area contributed by atoms with Gasteiger partial charge in [-0.25, -0.2) is 12.8 Å².